The van der Waals surface area contributed by atoms with E-state index in [1.807, 2.05) is 6.07 Å². The van der Waals surface area contributed by atoms with Crippen LogP contribution in [0.4, 0.5) is 4.39 Å². The summed E-state index contributed by atoms with van der Waals surface area (Å²) in [5, 5.41) is 0. The fourth-order valence-electron chi connectivity index (χ4n) is 3.15. The average molecular weight is 319 g/mol. The highest BCUT2D eigenvalue weighted by Gasteiger charge is 2.37. The number of fused-ring (bicyclic) bond motifs is 3. The fraction of sp³-hybridized carbons (Fsp3) is 0.294. The average Bonchev–Trinajstić information content (AvgIpc) is 2.58. The molecule has 0 heterocycles. The summed E-state index contributed by atoms with van der Waals surface area (Å²) in [4.78, 5) is 0. The van der Waals surface area contributed by atoms with Crippen molar-refractivity contribution in [3.05, 3.63) is 57.3 Å². The van der Waals surface area contributed by atoms with E-state index in [0.717, 1.165) is 16.5 Å². The number of hydrogen-bond acceptors (Lipinski definition) is 0. The number of halogens is 2. The summed E-state index contributed by atoms with van der Waals surface area (Å²) in [5.74, 6) is -0.156. The van der Waals surface area contributed by atoms with Gasteiger partial charge in [0, 0.05) is 9.89 Å². The first kappa shape index (κ1) is 12.9. The third-order valence-electron chi connectivity index (χ3n) is 4.16. The quantitative estimate of drug-likeness (QED) is 0.655. The van der Waals surface area contributed by atoms with Crippen molar-refractivity contribution in [1.29, 1.82) is 0 Å². The van der Waals surface area contributed by atoms with Crippen LogP contribution in [0.3, 0.4) is 0 Å². The van der Waals surface area contributed by atoms with Crippen molar-refractivity contribution in [3.63, 3.8) is 0 Å². The largest absolute Gasteiger partial charge is 0.207 e. The molecule has 0 saturated heterocycles. The Kier molecular flexibility index (Phi) is 2.82. The predicted octanol–water partition coefficient (Wildman–Crippen LogP) is 5.46. The number of benzene rings is 2. The van der Waals surface area contributed by atoms with Crippen molar-refractivity contribution in [1.82, 2.24) is 0 Å². The monoisotopic (exact) mass is 318 g/mol. The number of hydrogen-bond donors (Lipinski definition) is 0. The lowest BCUT2D eigenvalue weighted by atomic mass is 9.82. The van der Waals surface area contributed by atoms with Gasteiger partial charge >= 0.3 is 0 Å². The topological polar surface area (TPSA) is 0 Å². The third kappa shape index (κ3) is 1.77. The zero-order chi connectivity index (χ0) is 13.8. The summed E-state index contributed by atoms with van der Waals surface area (Å²) in [6, 6.07) is 9.51. The molecule has 1 aliphatic carbocycles. The van der Waals surface area contributed by atoms with Crippen LogP contribution in [0.5, 0.6) is 0 Å². The Balaban J connectivity index is 2.41. The van der Waals surface area contributed by atoms with Crippen LogP contribution >= 0.6 is 15.9 Å². The standard InChI is InChI=1S/C17H16BrF/c1-4-10-7-11(18)8-15-16(10)13-6-5-12(19)9-14(13)17(15,2)3/h5-9H,4H2,1-3H3. The molecule has 3 rings (SSSR count). The first-order valence-electron chi connectivity index (χ1n) is 6.58. The maximum absolute atomic E-state index is 13.6. The molecule has 2 heteroatoms. The molecule has 0 N–H and O–H groups in total. The van der Waals surface area contributed by atoms with Crippen molar-refractivity contribution < 1.29 is 4.39 Å². The molecule has 2 aromatic carbocycles. The lowest BCUT2D eigenvalue weighted by molar-refractivity contribution is 0.609. The smallest absolute Gasteiger partial charge is 0.123 e. The minimum atomic E-state index is -0.156. The fourth-order valence-corrected chi connectivity index (χ4v) is 3.66. The van der Waals surface area contributed by atoms with Gasteiger partial charge in [0.25, 0.3) is 0 Å². The van der Waals surface area contributed by atoms with Gasteiger partial charge in [0.15, 0.2) is 0 Å². The van der Waals surface area contributed by atoms with Crippen LogP contribution in [0.25, 0.3) is 11.1 Å². The zero-order valence-electron chi connectivity index (χ0n) is 11.3. The first-order chi connectivity index (χ1) is 8.95. The van der Waals surface area contributed by atoms with Crippen molar-refractivity contribution in [2.45, 2.75) is 32.6 Å². The summed E-state index contributed by atoms with van der Waals surface area (Å²) in [6.07, 6.45) is 0.981. The van der Waals surface area contributed by atoms with Gasteiger partial charge in [-0.25, -0.2) is 4.39 Å². The summed E-state index contributed by atoms with van der Waals surface area (Å²) in [7, 11) is 0. The van der Waals surface area contributed by atoms with Gasteiger partial charge in [-0.2, -0.15) is 0 Å². The first-order valence-corrected chi connectivity index (χ1v) is 7.37. The van der Waals surface area contributed by atoms with Crippen molar-refractivity contribution >= 4 is 15.9 Å². The minimum absolute atomic E-state index is 0.138. The van der Waals surface area contributed by atoms with Gasteiger partial charge in [0.1, 0.15) is 5.82 Å². The maximum Gasteiger partial charge on any atom is 0.123 e. The summed E-state index contributed by atoms with van der Waals surface area (Å²) < 4.78 is 14.7. The van der Waals surface area contributed by atoms with E-state index in [1.54, 1.807) is 12.1 Å². The van der Waals surface area contributed by atoms with Crippen LogP contribution in [0, 0.1) is 5.82 Å². The van der Waals surface area contributed by atoms with Crippen LogP contribution in [0.15, 0.2) is 34.8 Å². The molecule has 0 unspecified atom stereocenters. The predicted molar refractivity (Wildman–Crippen MR) is 81.0 cm³/mol. The van der Waals surface area contributed by atoms with E-state index >= 15 is 0 Å². The van der Waals surface area contributed by atoms with Crippen LogP contribution in [-0.2, 0) is 11.8 Å². The molecule has 0 atom stereocenters. The third-order valence-corrected chi connectivity index (χ3v) is 4.62. The van der Waals surface area contributed by atoms with E-state index in [4.69, 9.17) is 0 Å². The molecule has 0 saturated carbocycles. The second-order valence-electron chi connectivity index (χ2n) is 5.66. The SMILES string of the molecule is CCc1cc(Br)cc2c1-c1ccc(F)cc1C2(C)C. The van der Waals surface area contributed by atoms with Gasteiger partial charge < -0.3 is 0 Å². The molecule has 98 valence electrons. The summed E-state index contributed by atoms with van der Waals surface area (Å²) >= 11 is 3.59. The van der Waals surface area contributed by atoms with Gasteiger partial charge in [-0.3, -0.25) is 0 Å². The van der Waals surface area contributed by atoms with Gasteiger partial charge in [0.2, 0.25) is 0 Å². The summed E-state index contributed by atoms with van der Waals surface area (Å²) in [5.41, 5.74) is 6.05. The molecule has 0 spiro atoms. The van der Waals surface area contributed by atoms with E-state index in [-0.39, 0.29) is 11.2 Å². The van der Waals surface area contributed by atoms with Gasteiger partial charge in [0.05, 0.1) is 0 Å². The summed E-state index contributed by atoms with van der Waals surface area (Å²) in [6.45, 7) is 6.50. The molecule has 1 aliphatic rings. The second kappa shape index (κ2) is 4.17. The molecular weight excluding hydrogens is 303 g/mol. The Bertz CT molecular complexity index is 671. The Labute approximate surface area is 121 Å². The Morgan fingerprint density at radius 2 is 1.84 bits per heavy atom. The number of aryl methyl sites for hydroxylation is 1. The number of rotatable bonds is 1. The zero-order valence-corrected chi connectivity index (χ0v) is 12.9. The van der Waals surface area contributed by atoms with Crippen molar-refractivity contribution in [2.75, 3.05) is 0 Å². The van der Waals surface area contributed by atoms with Crippen LogP contribution in [0.1, 0.15) is 37.5 Å². The minimum Gasteiger partial charge on any atom is -0.207 e. The molecule has 0 radical (unpaired) electrons. The van der Waals surface area contributed by atoms with Gasteiger partial charge in [-0.1, -0.05) is 42.8 Å². The molecular formula is C17H16BrF. The van der Waals surface area contributed by atoms with Crippen molar-refractivity contribution in [3.8, 4) is 11.1 Å². The highest BCUT2D eigenvalue weighted by Crippen LogP contribution is 2.51. The molecule has 2 aromatic rings. The van der Waals surface area contributed by atoms with E-state index in [9.17, 15) is 4.39 Å². The highest BCUT2D eigenvalue weighted by atomic mass is 79.9. The lowest BCUT2D eigenvalue weighted by Gasteiger charge is -2.22. The molecule has 0 aromatic heterocycles. The van der Waals surface area contributed by atoms with E-state index in [1.165, 1.54) is 22.3 Å². The Hall–Kier alpha value is -1.15. The van der Waals surface area contributed by atoms with E-state index in [0.29, 0.717) is 0 Å². The van der Waals surface area contributed by atoms with Gasteiger partial charge in [-0.15, -0.1) is 0 Å². The van der Waals surface area contributed by atoms with E-state index in [2.05, 4.69) is 48.8 Å². The Morgan fingerprint density at radius 1 is 1.11 bits per heavy atom. The maximum atomic E-state index is 13.6. The van der Waals surface area contributed by atoms with Crippen molar-refractivity contribution in [2.24, 2.45) is 0 Å². The molecule has 0 amide bonds. The van der Waals surface area contributed by atoms with Crippen LogP contribution < -0.4 is 0 Å². The Morgan fingerprint density at radius 3 is 2.53 bits per heavy atom. The van der Waals surface area contributed by atoms with Crippen LogP contribution in [-0.4, -0.2) is 0 Å². The highest BCUT2D eigenvalue weighted by molar-refractivity contribution is 9.10. The second-order valence-corrected chi connectivity index (χ2v) is 6.57. The molecule has 0 fully saturated rings. The molecule has 0 nitrogen and oxygen atoms in total. The normalized spacial score (nSPS) is 15.2. The molecule has 0 aliphatic heterocycles. The lowest BCUT2D eigenvalue weighted by Crippen LogP contribution is -2.15. The molecule has 0 bridgehead atoms. The molecule has 19 heavy (non-hydrogen) atoms. The van der Waals surface area contributed by atoms with E-state index < -0.39 is 0 Å². The van der Waals surface area contributed by atoms with Crippen LogP contribution in [0.2, 0.25) is 0 Å². The van der Waals surface area contributed by atoms with Gasteiger partial charge in [-0.05, 0) is 58.5 Å².